The third-order valence-electron chi connectivity index (χ3n) is 4.27. The number of nitrogens with zero attached hydrogens (tertiary/aromatic N) is 1. The van der Waals surface area contributed by atoms with E-state index in [0.717, 1.165) is 29.3 Å². The Kier molecular flexibility index (Phi) is 4.44. The van der Waals surface area contributed by atoms with Crippen molar-refractivity contribution in [2.75, 3.05) is 24.8 Å². The number of amides is 1. The minimum Gasteiger partial charge on any atom is -0.454 e. The number of benzene rings is 2. The van der Waals surface area contributed by atoms with Crippen molar-refractivity contribution >= 4 is 23.4 Å². The van der Waals surface area contributed by atoms with Gasteiger partial charge in [0.05, 0.1) is 12.2 Å². The summed E-state index contributed by atoms with van der Waals surface area (Å²) in [4.78, 5) is 15.8. The average Bonchev–Trinajstić information content (AvgIpc) is 3.07. The fourth-order valence-electron chi connectivity index (χ4n) is 3.11. The average molecular weight is 356 g/mol. The van der Waals surface area contributed by atoms with Gasteiger partial charge in [-0.2, -0.15) is 0 Å². The van der Waals surface area contributed by atoms with Gasteiger partial charge in [0.15, 0.2) is 11.5 Å². The van der Waals surface area contributed by atoms with Gasteiger partial charge in [-0.3, -0.25) is 4.79 Å². The first-order valence-electron chi connectivity index (χ1n) is 8.35. The molecule has 0 bridgehead atoms. The minimum atomic E-state index is 0.0200. The third-order valence-corrected chi connectivity index (χ3v) is 5.42. The number of hydrogen-bond acceptors (Lipinski definition) is 5. The quantitative estimate of drug-likeness (QED) is 0.913. The zero-order valence-electron chi connectivity index (χ0n) is 14.0. The monoisotopic (exact) mass is 356 g/mol. The molecule has 0 saturated heterocycles. The zero-order valence-corrected chi connectivity index (χ0v) is 14.8. The molecule has 0 saturated carbocycles. The van der Waals surface area contributed by atoms with Gasteiger partial charge in [0.2, 0.25) is 12.7 Å². The van der Waals surface area contributed by atoms with Crippen molar-refractivity contribution < 1.29 is 14.3 Å². The van der Waals surface area contributed by atoms with Crippen molar-refractivity contribution in [3.8, 4) is 11.5 Å². The Morgan fingerprint density at radius 2 is 2.08 bits per heavy atom. The number of rotatable bonds is 4. The standard InChI is InChI=1S/C19H20N2O3S/c1-13-10-21(15-4-2-3-5-18(15)25-13)11-19(22)20-9-14-6-7-16-17(8-14)24-12-23-16/h2-8,13H,9-12H2,1H3,(H,20,22)/t13-/m1/s1. The molecule has 130 valence electrons. The highest BCUT2D eigenvalue weighted by Gasteiger charge is 2.23. The van der Waals surface area contributed by atoms with Gasteiger partial charge in [-0.25, -0.2) is 0 Å². The van der Waals surface area contributed by atoms with E-state index < -0.39 is 0 Å². The number of ether oxygens (including phenoxy) is 2. The molecular weight excluding hydrogens is 336 g/mol. The first kappa shape index (κ1) is 16.1. The summed E-state index contributed by atoms with van der Waals surface area (Å²) in [6.07, 6.45) is 0. The van der Waals surface area contributed by atoms with Crippen molar-refractivity contribution in [1.29, 1.82) is 0 Å². The Morgan fingerprint density at radius 3 is 3.00 bits per heavy atom. The summed E-state index contributed by atoms with van der Waals surface area (Å²) in [5.74, 6) is 1.51. The fourth-order valence-corrected chi connectivity index (χ4v) is 4.27. The van der Waals surface area contributed by atoms with Gasteiger partial charge in [0.25, 0.3) is 0 Å². The number of anilines is 1. The highest BCUT2D eigenvalue weighted by Crippen LogP contribution is 2.37. The molecule has 4 rings (SSSR count). The van der Waals surface area contributed by atoms with E-state index in [1.807, 2.05) is 42.1 Å². The topological polar surface area (TPSA) is 50.8 Å². The Morgan fingerprint density at radius 1 is 1.24 bits per heavy atom. The molecule has 25 heavy (non-hydrogen) atoms. The van der Waals surface area contributed by atoms with E-state index in [1.54, 1.807) is 0 Å². The summed E-state index contributed by atoms with van der Waals surface area (Å²) in [5, 5.41) is 3.47. The lowest BCUT2D eigenvalue weighted by atomic mass is 10.2. The van der Waals surface area contributed by atoms with Crippen LogP contribution in [-0.4, -0.2) is 31.0 Å². The van der Waals surface area contributed by atoms with Crippen LogP contribution in [0.4, 0.5) is 5.69 Å². The molecule has 1 amide bonds. The van der Waals surface area contributed by atoms with Crippen molar-refractivity contribution in [1.82, 2.24) is 5.32 Å². The van der Waals surface area contributed by atoms with Crippen LogP contribution in [0.5, 0.6) is 11.5 Å². The van der Waals surface area contributed by atoms with Crippen molar-refractivity contribution in [3.05, 3.63) is 48.0 Å². The van der Waals surface area contributed by atoms with Crippen molar-refractivity contribution in [2.45, 2.75) is 23.6 Å². The zero-order chi connectivity index (χ0) is 17.2. The molecule has 2 aliphatic heterocycles. The molecule has 0 spiro atoms. The molecule has 6 heteroatoms. The predicted molar refractivity (Wildman–Crippen MR) is 98.4 cm³/mol. The SMILES string of the molecule is C[C@@H]1CN(CC(=O)NCc2ccc3c(c2)OCO3)c2ccccc2S1. The lowest BCUT2D eigenvalue weighted by molar-refractivity contribution is -0.119. The summed E-state index contributed by atoms with van der Waals surface area (Å²) in [5.41, 5.74) is 2.14. The summed E-state index contributed by atoms with van der Waals surface area (Å²) >= 11 is 1.87. The van der Waals surface area contributed by atoms with Gasteiger partial charge in [0.1, 0.15) is 0 Å². The molecule has 1 N–H and O–H groups in total. The van der Waals surface area contributed by atoms with Crippen LogP contribution in [0.25, 0.3) is 0 Å². The highest BCUT2D eigenvalue weighted by molar-refractivity contribution is 8.00. The smallest absolute Gasteiger partial charge is 0.239 e. The summed E-state index contributed by atoms with van der Waals surface area (Å²) in [6, 6.07) is 14.0. The minimum absolute atomic E-state index is 0.0200. The molecular formula is C19H20N2O3S. The highest BCUT2D eigenvalue weighted by atomic mass is 32.2. The van der Waals surface area contributed by atoms with E-state index >= 15 is 0 Å². The molecule has 0 unspecified atom stereocenters. The number of thioether (sulfide) groups is 1. The number of carbonyl (C=O) groups excluding carboxylic acids is 1. The van der Waals surface area contributed by atoms with Gasteiger partial charge >= 0.3 is 0 Å². The van der Waals surface area contributed by atoms with E-state index in [2.05, 4.69) is 29.3 Å². The Hall–Kier alpha value is -2.34. The molecule has 0 aliphatic carbocycles. The largest absolute Gasteiger partial charge is 0.454 e. The summed E-state index contributed by atoms with van der Waals surface area (Å²) < 4.78 is 10.7. The number of carbonyl (C=O) groups is 1. The first-order valence-corrected chi connectivity index (χ1v) is 9.23. The van der Waals surface area contributed by atoms with Crippen LogP contribution in [0.1, 0.15) is 12.5 Å². The second-order valence-corrected chi connectivity index (χ2v) is 7.72. The van der Waals surface area contributed by atoms with Crippen molar-refractivity contribution in [3.63, 3.8) is 0 Å². The van der Waals surface area contributed by atoms with Crippen LogP contribution in [0.2, 0.25) is 0 Å². The Balaban J connectivity index is 1.38. The molecule has 0 aromatic heterocycles. The maximum atomic E-state index is 12.4. The van der Waals surface area contributed by atoms with Crippen LogP contribution in [-0.2, 0) is 11.3 Å². The second kappa shape index (κ2) is 6.88. The van der Waals surface area contributed by atoms with Gasteiger partial charge in [-0.1, -0.05) is 25.1 Å². The molecule has 1 atom stereocenters. The van der Waals surface area contributed by atoms with Gasteiger partial charge < -0.3 is 19.7 Å². The van der Waals surface area contributed by atoms with E-state index in [9.17, 15) is 4.79 Å². The molecule has 2 aromatic rings. The molecule has 0 radical (unpaired) electrons. The Labute approximate surface area is 151 Å². The first-order chi connectivity index (χ1) is 12.2. The van der Waals surface area contributed by atoms with Crippen LogP contribution >= 0.6 is 11.8 Å². The second-order valence-electron chi connectivity index (χ2n) is 6.24. The summed E-state index contributed by atoms with van der Waals surface area (Å²) in [6.45, 7) is 4.18. The molecule has 2 aromatic carbocycles. The molecule has 2 heterocycles. The lowest BCUT2D eigenvalue weighted by Crippen LogP contribution is -2.41. The molecule has 2 aliphatic rings. The predicted octanol–water partition coefficient (Wildman–Crippen LogP) is 3.03. The summed E-state index contributed by atoms with van der Waals surface area (Å²) in [7, 11) is 0. The third kappa shape index (κ3) is 3.54. The normalized spacial score (nSPS) is 18.0. The molecule has 0 fully saturated rings. The van der Waals surface area contributed by atoms with Gasteiger partial charge in [-0.05, 0) is 29.8 Å². The van der Waals surface area contributed by atoms with Gasteiger partial charge in [-0.15, -0.1) is 11.8 Å². The number of hydrogen-bond donors (Lipinski definition) is 1. The van der Waals surface area contributed by atoms with E-state index in [-0.39, 0.29) is 12.7 Å². The van der Waals surface area contributed by atoms with E-state index in [4.69, 9.17) is 9.47 Å². The fraction of sp³-hybridized carbons (Fsp3) is 0.316. The van der Waals surface area contributed by atoms with E-state index in [1.165, 1.54) is 4.90 Å². The number of para-hydroxylation sites is 1. The number of nitrogens with one attached hydrogen (secondary N) is 1. The van der Waals surface area contributed by atoms with Crippen LogP contribution in [0.3, 0.4) is 0 Å². The van der Waals surface area contributed by atoms with Crippen LogP contribution < -0.4 is 19.7 Å². The lowest BCUT2D eigenvalue weighted by Gasteiger charge is -2.33. The maximum Gasteiger partial charge on any atom is 0.239 e. The Bertz CT molecular complexity index is 796. The van der Waals surface area contributed by atoms with E-state index in [0.29, 0.717) is 18.3 Å². The molecule has 5 nitrogen and oxygen atoms in total. The maximum absolute atomic E-state index is 12.4. The van der Waals surface area contributed by atoms with Crippen molar-refractivity contribution in [2.24, 2.45) is 0 Å². The van der Waals surface area contributed by atoms with Gasteiger partial charge in [0, 0.05) is 23.2 Å². The van der Waals surface area contributed by atoms with Crippen LogP contribution in [0, 0.1) is 0 Å². The van der Waals surface area contributed by atoms with Crippen LogP contribution in [0.15, 0.2) is 47.4 Å². The number of fused-ring (bicyclic) bond motifs is 2.